The highest BCUT2D eigenvalue weighted by Crippen LogP contribution is 2.19. The Morgan fingerprint density at radius 2 is 1.94 bits per heavy atom. The first-order valence-electron chi connectivity index (χ1n) is 5.44. The Kier molecular flexibility index (Phi) is 4.04. The van der Waals surface area contributed by atoms with Gasteiger partial charge in [-0.15, -0.1) is 0 Å². The minimum atomic E-state index is -0.888. The second kappa shape index (κ2) is 5.12. The van der Waals surface area contributed by atoms with Crippen LogP contribution in [0.4, 0.5) is 14.5 Å². The summed E-state index contributed by atoms with van der Waals surface area (Å²) in [4.78, 5) is 13.5. The molecule has 0 radical (unpaired) electrons. The molecule has 2 N–H and O–H groups in total. The van der Waals surface area contributed by atoms with E-state index in [0.29, 0.717) is 12.6 Å². The molecule has 0 saturated heterocycles. The minimum Gasteiger partial charge on any atom is -0.396 e. The number of nitrogen functional groups attached to an aromatic ring is 1. The number of benzene rings is 1. The maximum Gasteiger partial charge on any atom is 0.257 e. The standard InChI is InChI=1S/C12H16F2N2O/c1-4-16(7(2)3)12(17)8-5-11(15)10(14)6-9(8)13/h5-7H,4,15H2,1-3H3. The number of anilines is 1. The van der Waals surface area contributed by atoms with E-state index in [2.05, 4.69) is 0 Å². The van der Waals surface area contributed by atoms with Crippen LogP contribution in [-0.2, 0) is 0 Å². The van der Waals surface area contributed by atoms with E-state index >= 15 is 0 Å². The van der Waals surface area contributed by atoms with Crippen LogP contribution < -0.4 is 5.73 Å². The van der Waals surface area contributed by atoms with Crippen molar-refractivity contribution in [1.29, 1.82) is 0 Å². The molecular weight excluding hydrogens is 226 g/mol. The first-order chi connectivity index (χ1) is 7.88. The van der Waals surface area contributed by atoms with Crippen LogP contribution in [0, 0.1) is 11.6 Å². The Morgan fingerprint density at radius 3 is 2.41 bits per heavy atom. The highest BCUT2D eigenvalue weighted by atomic mass is 19.1. The van der Waals surface area contributed by atoms with Gasteiger partial charge in [0.15, 0.2) is 0 Å². The van der Waals surface area contributed by atoms with Crippen molar-refractivity contribution in [2.45, 2.75) is 26.8 Å². The monoisotopic (exact) mass is 242 g/mol. The Morgan fingerprint density at radius 1 is 1.35 bits per heavy atom. The molecule has 0 spiro atoms. The van der Waals surface area contributed by atoms with Crippen molar-refractivity contribution in [3.63, 3.8) is 0 Å². The predicted molar refractivity (Wildman–Crippen MR) is 62.6 cm³/mol. The highest BCUT2D eigenvalue weighted by Gasteiger charge is 2.21. The summed E-state index contributed by atoms with van der Waals surface area (Å²) in [5, 5.41) is 0. The van der Waals surface area contributed by atoms with E-state index in [1.807, 2.05) is 13.8 Å². The first-order valence-corrected chi connectivity index (χ1v) is 5.44. The molecule has 1 aromatic rings. The molecule has 0 aliphatic heterocycles. The second-order valence-electron chi connectivity index (χ2n) is 4.04. The smallest absolute Gasteiger partial charge is 0.257 e. The van der Waals surface area contributed by atoms with Gasteiger partial charge in [-0.3, -0.25) is 4.79 Å². The Bertz CT molecular complexity index is 433. The topological polar surface area (TPSA) is 46.3 Å². The van der Waals surface area contributed by atoms with E-state index < -0.39 is 17.5 Å². The molecule has 1 aromatic carbocycles. The summed E-state index contributed by atoms with van der Waals surface area (Å²) in [6.45, 7) is 5.90. The van der Waals surface area contributed by atoms with Crippen LogP contribution in [0.15, 0.2) is 12.1 Å². The molecule has 1 rings (SSSR count). The number of hydrogen-bond donors (Lipinski definition) is 1. The van der Waals surface area contributed by atoms with Crippen molar-refractivity contribution >= 4 is 11.6 Å². The molecule has 17 heavy (non-hydrogen) atoms. The van der Waals surface area contributed by atoms with Gasteiger partial charge >= 0.3 is 0 Å². The van der Waals surface area contributed by atoms with Gasteiger partial charge in [0.2, 0.25) is 0 Å². The van der Waals surface area contributed by atoms with Gasteiger partial charge in [0.05, 0.1) is 11.3 Å². The molecule has 3 nitrogen and oxygen atoms in total. The zero-order chi connectivity index (χ0) is 13.2. The summed E-state index contributed by atoms with van der Waals surface area (Å²) in [5.74, 6) is -2.22. The van der Waals surface area contributed by atoms with Gasteiger partial charge in [-0.25, -0.2) is 8.78 Å². The van der Waals surface area contributed by atoms with Crippen molar-refractivity contribution in [1.82, 2.24) is 4.90 Å². The number of nitrogens with two attached hydrogens (primary N) is 1. The molecule has 0 atom stereocenters. The van der Waals surface area contributed by atoms with Crippen LogP contribution in [0.2, 0.25) is 0 Å². The van der Waals surface area contributed by atoms with Gasteiger partial charge in [0.25, 0.3) is 5.91 Å². The lowest BCUT2D eigenvalue weighted by atomic mass is 10.1. The third-order valence-electron chi connectivity index (χ3n) is 2.54. The number of hydrogen-bond acceptors (Lipinski definition) is 2. The SMILES string of the molecule is CCN(C(=O)c1cc(N)c(F)cc1F)C(C)C. The van der Waals surface area contributed by atoms with Gasteiger partial charge in [0.1, 0.15) is 11.6 Å². The third kappa shape index (κ3) is 2.72. The van der Waals surface area contributed by atoms with E-state index in [1.165, 1.54) is 4.90 Å². The lowest BCUT2D eigenvalue weighted by molar-refractivity contribution is 0.0712. The number of rotatable bonds is 3. The molecule has 0 bridgehead atoms. The number of halogens is 2. The fourth-order valence-electron chi connectivity index (χ4n) is 1.63. The molecule has 1 amide bonds. The largest absolute Gasteiger partial charge is 0.396 e. The normalized spacial score (nSPS) is 10.7. The quantitative estimate of drug-likeness (QED) is 0.827. The van der Waals surface area contributed by atoms with Crippen LogP contribution in [-0.4, -0.2) is 23.4 Å². The minimum absolute atomic E-state index is 0.0572. The summed E-state index contributed by atoms with van der Waals surface area (Å²) in [6, 6.07) is 1.62. The Hall–Kier alpha value is -1.65. The highest BCUT2D eigenvalue weighted by molar-refractivity contribution is 5.95. The third-order valence-corrected chi connectivity index (χ3v) is 2.54. The van der Waals surface area contributed by atoms with Crippen LogP contribution in [0.1, 0.15) is 31.1 Å². The second-order valence-corrected chi connectivity index (χ2v) is 4.04. The first kappa shape index (κ1) is 13.4. The van der Waals surface area contributed by atoms with Crippen molar-refractivity contribution in [2.75, 3.05) is 12.3 Å². The van der Waals surface area contributed by atoms with E-state index in [-0.39, 0.29) is 17.3 Å². The molecule has 0 unspecified atom stereocenters. The molecule has 5 heteroatoms. The molecule has 0 aromatic heterocycles. The molecule has 94 valence electrons. The van der Waals surface area contributed by atoms with Gasteiger partial charge < -0.3 is 10.6 Å². The average molecular weight is 242 g/mol. The Labute approximate surface area is 99.2 Å². The van der Waals surface area contributed by atoms with Crippen molar-refractivity contribution in [2.24, 2.45) is 0 Å². The molecule has 0 aliphatic rings. The maximum atomic E-state index is 13.5. The van der Waals surface area contributed by atoms with Gasteiger partial charge in [0, 0.05) is 18.7 Å². The summed E-state index contributed by atoms with van der Waals surface area (Å²) in [7, 11) is 0. The van der Waals surface area contributed by atoms with Crippen molar-refractivity contribution in [3.8, 4) is 0 Å². The summed E-state index contributed by atoms with van der Waals surface area (Å²) >= 11 is 0. The molecule has 0 heterocycles. The van der Waals surface area contributed by atoms with Crippen LogP contribution in [0.25, 0.3) is 0 Å². The summed E-state index contributed by atoms with van der Waals surface area (Å²) in [5.41, 5.74) is 4.91. The molecular formula is C12H16F2N2O. The van der Waals surface area contributed by atoms with E-state index in [0.717, 1.165) is 6.07 Å². The lowest BCUT2D eigenvalue weighted by Gasteiger charge is -2.25. The fraction of sp³-hybridized carbons (Fsp3) is 0.417. The number of carbonyl (C=O) groups excluding carboxylic acids is 1. The van der Waals surface area contributed by atoms with Gasteiger partial charge in [-0.1, -0.05) is 0 Å². The summed E-state index contributed by atoms with van der Waals surface area (Å²) in [6.07, 6.45) is 0. The fourth-order valence-corrected chi connectivity index (χ4v) is 1.63. The van der Waals surface area contributed by atoms with Gasteiger partial charge in [-0.2, -0.15) is 0 Å². The summed E-state index contributed by atoms with van der Waals surface area (Å²) < 4.78 is 26.5. The van der Waals surface area contributed by atoms with Gasteiger partial charge in [-0.05, 0) is 26.8 Å². The number of amides is 1. The van der Waals surface area contributed by atoms with Crippen LogP contribution in [0.5, 0.6) is 0 Å². The Balaban J connectivity index is 3.16. The maximum absolute atomic E-state index is 13.5. The van der Waals surface area contributed by atoms with E-state index in [9.17, 15) is 13.6 Å². The van der Waals surface area contributed by atoms with Crippen LogP contribution in [0.3, 0.4) is 0 Å². The predicted octanol–water partition coefficient (Wildman–Crippen LogP) is 2.42. The van der Waals surface area contributed by atoms with E-state index in [4.69, 9.17) is 5.73 Å². The zero-order valence-corrected chi connectivity index (χ0v) is 10.1. The lowest BCUT2D eigenvalue weighted by Crippen LogP contribution is -2.37. The average Bonchev–Trinajstić information content (AvgIpc) is 2.23. The van der Waals surface area contributed by atoms with Crippen LogP contribution >= 0.6 is 0 Å². The zero-order valence-electron chi connectivity index (χ0n) is 10.1. The molecule has 0 saturated carbocycles. The molecule has 0 aliphatic carbocycles. The number of nitrogens with zero attached hydrogens (tertiary/aromatic N) is 1. The van der Waals surface area contributed by atoms with Crippen molar-refractivity contribution < 1.29 is 13.6 Å². The number of carbonyl (C=O) groups is 1. The van der Waals surface area contributed by atoms with Crippen molar-refractivity contribution in [3.05, 3.63) is 29.3 Å². The molecule has 0 fully saturated rings. The van der Waals surface area contributed by atoms with E-state index in [1.54, 1.807) is 6.92 Å².